The number of carbonyl (C=O) groups excluding carboxylic acids is 1. The van der Waals surface area contributed by atoms with Crippen molar-refractivity contribution in [2.45, 2.75) is 32.2 Å². The molecule has 3 nitrogen and oxygen atoms in total. The molecule has 0 saturated heterocycles. The normalized spacial score (nSPS) is 11.5. The van der Waals surface area contributed by atoms with E-state index in [0.29, 0.717) is 12.0 Å². The molecule has 140 valence electrons. The Kier molecular flexibility index (Phi) is 6.54. The summed E-state index contributed by atoms with van der Waals surface area (Å²) in [6.45, 7) is -2.77. The Morgan fingerprint density at radius 3 is 2.08 bits per heavy atom. The van der Waals surface area contributed by atoms with Crippen LogP contribution in [-0.4, -0.2) is 12.5 Å². The first kappa shape index (κ1) is 19.7. The summed E-state index contributed by atoms with van der Waals surface area (Å²) >= 11 is 0. The van der Waals surface area contributed by atoms with Gasteiger partial charge in [0, 0.05) is 13.0 Å². The second-order valence-corrected chi connectivity index (χ2v) is 5.49. The van der Waals surface area contributed by atoms with Crippen LogP contribution in [0.3, 0.4) is 0 Å². The van der Waals surface area contributed by atoms with Crippen molar-refractivity contribution in [2.75, 3.05) is 0 Å². The van der Waals surface area contributed by atoms with Crippen molar-refractivity contribution < 1.29 is 31.5 Å². The van der Waals surface area contributed by atoms with Gasteiger partial charge in [-0.05, 0) is 41.8 Å². The van der Waals surface area contributed by atoms with Gasteiger partial charge in [-0.15, -0.1) is 0 Å². The maximum absolute atomic E-state index is 12.5. The molecule has 0 aromatic heterocycles. The Bertz CT molecular complexity index is 712. The zero-order chi connectivity index (χ0) is 19.2. The summed E-state index contributed by atoms with van der Waals surface area (Å²) in [4.78, 5) is 11.8. The van der Waals surface area contributed by atoms with Crippen LogP contribution in [0.1, 0.15) is 23.1 Å². The predicted octanol–water partition coefficient (Wildman–Crippen LogP) is 4.56. The van der Waals surface area contributed by atoms with Crippen LogP contribution in [0.15, 0.2) is 48.5 Å². The minimum atomic E-state index is -4.39. The Morgan fingerprint density at radius 2 is 1.54 bits per heavy atom. The van der Waals surface area contributed by atoms with E-state index in [0.717, 1.165) is 17.7 Å². The number of ether oxygens (including phenoxy) is 1. The first-order valence-electron chi connectivity index (χ1n) is 7.70. The van der Waals surface area contributed by atoms with Gasteiger partial charge < -0.3 is 10.1 Å². The molecule has 26 heavy (non-hydrogen) atoms. The van der Waals surface area contributed by atoms with Crippen molar-refractivity contribution in [2.24, 2.45) is 0 Å². The zero-order valence-electron chi connectivity index (χ0n) is 13.5. The molecule has 0 fully saturated rings. The van der Waals surface area contributed by atoms with E-state index in [4.69, 9.17) is 0 Å². The predicted molar refractivity (Wildman–Crippen MR) is 84.7 cm³/mol. The van der Waals surface area contributed by atoms with E-state index >= 15 is 0 Å². The molecular formula is C18H16F5NO2. The molecule has 2 aromatic carbocycles. The number of carbonyl (C=O) groups is 1. The maximum Gasteiger partial charge on any atom is 0.416 e. The molecule has 0 aliphatic carbocycles. The molecular weight excluding hydrogens is 357 g/mol. The minimum absolute atomic E-state index is 0.0375. The van der Waals surface area contributed by atoms with Gasteiger partial charge in [-0.3, -0.25) is 4.79 Å². The van der Waals surface area contributed by atoms with Gasteiger partial charge in [0.1, 0.15) is 5.75 Å². The number of rotatable bonds is 7. The average Bonchev–Trinajstić information content (AvgIpc) is 2.58. The third kappa shape index (κ3) is 6.34. The number of hydrogen-bond acceptors (Lipinski definition) is 2. The Morgan fingerprint density at radius 1 is 0.962 bits per heavy atom. The van der Waals surface area contributed by atoms with Crippen molar-refractivity contribution in [1.82, 2.24) is 5.32 Å². The van der Waals surface area contributed by atoms with Crippen LogP contribution in [-0.2, 0) is 23.9 Å². The molecule has 0 radical (unpaired) electrons. The topological polar surface area (TPSA) is 38.3 Å². The Labute approximate surface area is 146 Å². The minimum Gasteiger partial charge on any atom is -0.435 e. The average molecular weight is 373 g/mol. The monoisotopic (exact) mass is 373 g/mol. The van der Waals surface area contributed by atoms with Gasteiger partial charge in [-0.2, -0.15) is 22.0 Å². The SMILES string of the molecule is O=C(CCc1ccc(OC(F)F)cc1)NCc1ccc(C(F)(F)F)cc1. The second-order valence-electron chi connectivity index (χ2n) is 5.49. The molecule has 8 heteroatoms. The summed E-state index contributed by atoms with van der Waals surface area (Å²) in [5.74, 6) is -0.228. The quantitative estimate of drug-likeness (QED) is 0.723. The molecule has 0 saturated carbocycles. The molecule has 0 heterocycles. The third-order valence-electron chi connectivity index (χ3n) is 3.56. The van der Waals surface area contributed by atoms with Crippen molar-refractivity contribution in [3.05, 3.63) is 65.2 Å². The number of hydrogen-bond donors (Lipinski definition) is 1. The van der Waals surface area contributed by atoms with E-state index in [1.807, 2.05) is 0 Å². The molecule has 0 spiro atoms. The van der Waals surface area contributed by atoms with Crippen LogP contribution in [0.25, 0.3) is 0 Å². The van der Waals surface area contributed by atoms with Gasteiger partial charge in [-0.1, -0.05) is 24.3 Å². The summed E-state index contributed by atoms with van der Waals surface area (Å²) in [5.41, 5.74) is 0.586. The first-order valence-corrected chi connectivity index (χ1v) is 7.70. The zero-order valence-corrected chi connectivity index (χ0v) is 13.5. The van der Waals surface area contributed by atoms with Gasteiger partial charge >= 0.3 is 12.8 Å². The van der Waals surface area contributed by atoms with Crippen LogP contribution in [0.4, 0.5) is 22.0 Å². The van der Waals surface area contributed by atoms with Gasteiger partial charge in [0.2, 0.25) is 5.91 Å². The van der Waals surface area contributed by atoms with Crippen LogP contribution in [0, 0.1) is 0 Å². The van der Waals surface area contributed by atoms with Gasteiger partial charge in [0.25, 0.3) is 0 Å². The highest BCUT2D eigenvalue weighted by Crippen LogP contribution is 2.29. The maximum atomic E-state index is 12.5. The standard InChI is InChI=1S/C18H16F5NO2/c19-17(20)26-15-8-3-12(4-9-15)5-10-16(25)24-11-13-1-6-14(7-2-13)18(21,22)23/h1-4,6-9,17H,5,10-11H2,(H,24,25). The molecule has 0 atom stereocenters. The highest BCUT2D eigenvalue weighted by atomic mass is 19.4. The number of alkyl halides is 5. The van der Waals surface area contributed by atoms with E-state index in [1.165, 1.54) is 24.3 Å². The highest BCUT2D eigenvalue weighted by Gasteiger charge is 2.29. The summed E-state index contributed by atoms with van der Waals surface area (Å²) in [5, 5.41) is 2.62. The number of amides is 1. The number of nitrogens with one attached hydrogen (secondary N) is 1. The van der Waals surface area contributed by atoms with Gasteiger partial charge in [-0.25, -0.2) is 0 Å². The van der Waals surface area contributed by atoms with Gasteiger partial charge in [0.05, 0.1) is 5.56 Å². The summed E-state index contributed by atoms with van der Waals surface area (Å²) in [6, 6.07) is 10.5. The van der Waals surface area contributed by atoms with Crippen molar-refractivity contribution >= 4 is 5.91 Å². The number of benzene rings is 2. The van der Waals surface area contributed by atoms with E-state index in [1.54, 1.807) is 12.1 Å². The molecule has 0 bridgehead atoms. The van der Waals surface area contributed by atoms with Crippen LogP contribution >= 0.6 is 0 Å². The van der Waals surface area contributed by atoms with Crippen LogP contribution in [0.5, 0.6) is 5.75 Å². The number of halogens is 5. The molecule has 2 rings (SSSR count). The molecule has 1 N–H and O–H groups in total. The van der Waals surface area contributed by atoms with Crippen molar-refractivity contribution in [1.29, 1.82) is 0 Å². The van der Waals surface area contributed by atoms with E-state index in [9.17, 15) is 26.7 Å². The fourth-order valence-corrected chi connectivity index (χ4v) is 2.20. The van der Waals surface area contributed by atoms with Crippen molar-refractivity contribution in [3.8, 4) is 5.75 Å². The van der Waals surface area contributed by atoms with Gasteiger partial charge in [0.15, 0.2) is 0 Å². The summed E-state index contributed by atoms with van der Waals surface area (Å²) in [7, 11) is 0. The molecule has 2 aromatic rings. The fourth-order valence-electron chi connectivity index (χ4n) is 2.20. The summed E-state index contributed by atoms with van der Waals surface area (Å²) in [6.07, 6.45) is -3.83. The lowest BCUT2D eigenvalue weighted by atomic mass is 10.1. The Balaban J connectivity index is 1.76. The first-order chi connectivity index (χ1) is 12.2. The lowest BCUT2D eigenvalue weighted by Gasteiger charge is -2.09. The fraction of sp³-hybridized carbons (Fsp3) is 0.278. The lowest BCUT2D eigenvalue weighted by Crippen LogP contribution is -2.23. The Hall–Kier alpha value is -2.64. The smallest absolute Gasteiger partial charge is 0.416 e. The van der Waals surface area contributed by atoms with E-state index < -0.39 is 18.4 Å². The molecule has 0 unspecified atom stereocenters. The highest BCUT2D eigenvalue weighted by molar-refractivity contribution is 5.76. The molecule has 0 aliphatic rings. The third-order valence-corrected chi connectivity index (χ3v) is 3.56. The molecule has 1 amide bonds. The van der Waals surface area contributed by atoms with E-state index in [2.05, 4.69) is 10.1 Å². The van der Waals surface area contributed by atoms with Crippen LogP contribution < -0.4 is 10.1 Å². The van der Waals surface area contributed by atoms with E-state index in [-0.39, 0.29) is 24.6 Å². The number of aryl methyl sites for hydroxylation is 1. The van der Waals surface area contributed by atoms with Crippen LogP contribution in [0.2, 0.25) is 0 Å². The largest absolute Gasteiger partial charge is 0.435 e. The summed E-state index contributed by atoms with van der Waals surface area (Å²) < 4.78 is 65.7. The molecule has 0 aliphatic heterocycles. The van der Waals surface area contributed by atoms with Crippen molar-refractivity contribution in [3.63, 3.8) is 0 Å². The lowest BCUT2D eigenvalue weighted by molar-refractivity contribution is -0.137. The second kappa shape index (κ2) is 8.64.